The third kappa shape index (κ3) is 12.7. The van der Waals surface area contributed by atoms with Crippen LogP contribution in [-0.2, 0) is 0 Å². The predicted octanol–water partition coefficient (Wildman–Crippen LogP) is 12.4. The Hall–Kier alpha value is -7.04. The summed E-state index contributed by atoms with van der Waals surface area (Å²) >= 11 is 0. The van der Waals surface area contributed by atoms with Gasteiger partial charge in [0.15, 0.2) is 0 Å². The van der Waals surface area contributed by atoms with Gasteiger partial charge >= 0.3 is 0 Å². The summed E-state index contributed by atoms with van der Waals surface area (Å²) < 4.78 is 0. The maximum absolute atomic E-state index is 5.60. The molecule has 0 aliphatic carbocycles. The Labute approximate surface area is 315 Å². The summed E-state index contributed by atoms with van der Waals surface area (Å²) in [7, 11) is 0. The van der Waals surface area contributed by atoms with Gasteiger partial charge in [0.2, 0.25) is 0 Å². The van der Waals surface area contributed by atoms with Crippen LogP contribution in [0.25, 0.3) is 44.5 Å². The number of hydrogen-bond acceptors (Lipinski definition) is 4. The van der Waals surface area contributed by atoms with E-state index in [1.165, 1.54) is 44.5 Å². The van der Waals surface area contributed by atoms with Crippen molar-refractivity contribution in [2.45, 2.75) is 7.43 Å². The van der Waals surface area contributed by atoms with Crippen LogP contribution < -0.4 is 22.9 Å². The lowest BCUT2D eigenvalue weighted by Crippen LogP contribution is -1.83. The third-order valence-electron chi connectivity index (χ3n) is 8.07. The first kappa shape index (κ1) is 38.8. The molecule has 0 amide bonds. The number of anilines is 4. The van der Waals surface area contributed by atoms with Crippen LogP contribution in [0, 0.1) is 0 Å². The monoisotopic (exact) mass is 692 g/mol. The van der Waals surface area contributed by atoms with E-state index in [1.54, 1.807) is 0 Å². The first-order valence-electron chi connectivity index (χ1n) is 17.1. The first-order valence-corrected chi connectivity index (χ1v) is 17.1. The van der Waals surface area contributed by atoms with Gasteiger partial charge < -0.3 is 22.9 Å². The second-order valence-corrected chi connectivity index (χ2v) is 12.0. The molecule has 0 spiro atoms. The van der Waals surface area contributed by atoms with E-state index in [0.717, 1.165) is 22.7 Å². The molecule has 0 unspecified atom stereocenters. The third-order valence-corrected chi connectivity index (χ3v) is 8.07. The second kappa shape index (κ2) is 20.6. The molecule has 0 saturated heterocycles. The highest BCUT2D eigenvalue weighted by atomic mass is 14.5. The summed E-state index contributed by atoms with van der Waals surface area (Å²) in [6, 6.07) is 72.6. The average Bonchev–Trinajstić information content (AvgIpc) is 3.21. The van der Waals surface area contributed by atoms with Gasteiger partial charge in [0, 0.05) is 22.7 Å². The molecule has 8 aromatic carbocycles. The average molecular weight is 693 g/mol. The predicted molar refractivity (Wildman–Crippen MR) is 232 cm³/mol. The van der Waals surface area contributed by atoms with E-state index in [-0.39, 0.29) is 7.43 Å². The lowest BCUT2D eigenvalue weighted by Gasteiger charge is -2.00. The molecule has 4 nitrogen and oxygen atoms in total. The summed E-state index contributed by atoms with van der Waals surface area (Å²) in [6.07, 6.45) is 0. The topological polar surface area (TPSA) is 104 Å². The Bertz CT molecular complexity index is 1830. The van der Waals surface area contributed by atoms with Crippen LogP contribution in [0.1, 0.15) is 7.43 Å². The summed E-state index contributed by atoms with van der Waals surface area (Å²) in [5, 5.41) is 0. The van der Waals surface area contributed by atoms with Crippen molar-refractivity contribution in [1.29, 1.82) is 0 Å². The molecule has 0 aromatic heterocycles. The van der Waals surface area contributed by atoms with Crippen molar-refractivity contribution in [2.75, 3.05) is 22.9 Å². The quantitative estimate of drug-likeness (QED) is 0.138. The van der Waals surface area contributed by atoms with Gasteiger partial charge in [-0.05, 0) is 93.0 Å². The molecule has 4 heteroatoms. The summed E-state index contributed by atoms with van der Waals surface area (Å²) in [5.41, 5.74) is 35.4. The molecule has 8 aromatic rings. The normalized spacial score (nSPS) is 9.66. The molecule has 8 rings (SSSR count). The maximum Gasteiger partial charge on any atom is 0.0314 e. The van der Waals surface area contributed by atoms with Crippen LogP contribution in [-0.4, -0.2) is 0 Å². The van der Waals surface area contributed by atoms with Crippen LogP contribution in [0.2, 0.25) is 0 Å². The number of nitrogens with two attached hydrogens (primary N) is 4. The summed E-state index contributed by atoms with van der Waals surface area (Å²) in [6.45, 7) is 0. The van der Waals surface area contributed by atoms with E-state index in [2.05, 4.69) is 48.5 Å². The Morgan fingerprint density at radius 3 is 0.453 bits per heavy atom. The first-order chi connectivity index (χ1) is 25.4. The van der Waals surface area contributed by atoms with Crippen LogP contribution in [0.4, 0.5) is 22.7 Å². The van der Waals surface area contributed by atoms with Crippen molar-refractivity contribution >= 4 is 22.7 Å². The molecule has 264 valence electrons. The fourth-order valence-corrected chi connectivity index (χ4v) is 5.22. The Morgan fingerprint density at radius 2 is 0.302 bits per heavy atom. The molecule has 0 bridgehead atoms. The van der Waals surface area contributed by atoms with Gasteiger partial charge in [-0.2, -0.15) is 0 Å². The van der Waals surface area contributed by atoms with Crippen LogP contribution in [0.3, 0.4) is 0 Å². The highest BCUT2D eigenvalue weighted by molar-refractivity contribution is 5.68. The molecule has 0 aliphatic heterocycles. The van der Waals surface area contributed by atoms with E-state index in [9.17, 15) is 0 Å². The Balaban J connectivity index is 0.000000157. The maximum atomic E-state index is 5.60. The van der Waals surface area contributed by atoms with Crippen molar-refractivity contribution in [2.24, 2.45) is 0 Å². The summed E-state index contributed by atoms with van der Waals surface area (Å²) in [4.78, 5) is 0. The van der Waals surface area contributed by atoms with Gasteiger partial charge in [-0.1, -0.05) is 177 Å². The smallest absolute Gasteiger partial charge is 0.0314 e. The van der Waals surface area contributed by atoms with Gasteiger partial charge in [0.05, 0.1) is 0 Å². The van der Waals surface area contributed by atoms with Crippen LogP contribution in [0.15, 0.2) is 218 Å². The van der Waals surface area contributed by atoms with Crippen molar-refractivity contribution < 1.29 is 0 Å². The Morgan fingerprint density at radius 1 is 0.170 bits per heavy atom. The highest BCUT2D eigenvalue weighted by Gasteiger charge is 1.97. The fourth-order valence-electron chi connectivity index (χ4n) is 5.22. The van der Waals surface area contributed by atoms with Crippen molar-refractivity contribution in [3.05, 3.63) is 218 Å². The highest BCUT2D eigenvalue weighted by Crippen LogP contribution is 2.22. The molecule has 8 N–H and O–H groups in total. The Kier molecular flexibility index (Phi) is 15.1. The standard InChI is InChI=1S/4C12H11N.CH4/c4*13-12-8-6-11(7-9-12)10-4-2-1-3-5-10;/h4*1-9H,13H2;1H4. The van der Waals surface area contributed by atoms with Crippen LogP contribution in [0.5, 0.6) is 0 Å². The van der Waals surface area contributed by atoms with E-state index in [4.69, 9.17) is 22.9 Å². The SMILES string of the molecule is C.Nc1ccc(-c2ccccc2)cc1.Nc1ccc(-c2ccccc2)cc1.Nc1ccc(-c2ccccc2)cc1.Nc1ccc(-c2ccccc2)cc1. The number of hydrogen-bond donors (Lipinski definition) is 4. The van der Waals surface area contributed by atoms with E-state index >= 15 is 0 Å². The van der Waals surface area contributed by atoms with E-state index in [1.807, 2.05) is 170 Å². The fraction of sp³-hybridized carbons (Fsp3) is 0.0204. The summed E-state index contributed by atoms with van der Waals surface area (Å²) in [5.74, 6) is 0. The number of benzene rings is 8. The van der Waals surface area contributed by atoms with E-state index in [0.29, 0.717) is 0 Å². The zero-order valence-corrected chi connectivity index (χ0v) is 29.1. The zero-order chi connectivity index (χ0) is 36.4. The van der Waals surface area contributed by atoms with Gasteiger partial charge in [0.25, 0.3) is 0 Å². The minimum Gasteiger partial charge on any atom is -0.399 e. The molecular weight excluding hydrogens is 645 g/mol. The molecule has 0 aliphatic rings. The van der Waals surface area contributed by atoms with Gasteiger partial charge in [-0.3, -0.25) is 0 Å². The van der Waals surface area contributed by atoms with Crippen molar-refractivity contribution in [3.63, 3.8) is 0 Å². The van der Waals surface area contributed by atoms with Crippen molar-refractivity contribution in [1.82, 2.24) is 0 Å². The molecule has 53 heavy (non-hydrogen) atoms. The number of rotatable bonds is 4. The largest absolute Gasteiger partial charge is 0.399 e. The second-order valence-electron chi connectivity index (χ2n) is 12.0. The van der Waals surface area contributed by atoms with Crippen molar-refractivity contribution in [3.8, 4) is 44.5 Å². The lowest BCUT2D eigenvalue weighted by atomic mass is 10.1. The zero-order valence-electron chi connectivity index (χ0n) is 29.1. The van der Waals surface area contributed by atoms with Gasteiger partial charge in [0.1, 0.15) is 0 Å². The molecule has 0 radical (unpaired) electrons. The molecule has 0 atom stereocenters. The van der Waals surface area contributed by atoms with Gasteiger partial charge in [-0.25, -0.2) is 0 Å². The van der Waals surface area contributed by atoms with Crippen LogP contribution >= 0.6 is 0 Å². The molecule has 0 fully saturated rings. The number of nitrogen functional groups attached to an aromatic ring is 4. The molecule has 0 saturated carbocycles. The van der Waals surface area contributed by atoms with E-state index < -0.39 is 0 Å². The van der Waals surface area contributed by atoms with Gasteiger partial charge in [-0.15, -0.1) is 0 Å². The lowest BCUT2D eigenvalue weighted by molar-refractivity contribution is 1.61. The molecular formula is C49H48N4. The molecule has 0 heterocycles. The minimum absolute atomic E-state index is 0. The minimum atomic E-state index is 0.